The molecule has 7 nitrogen and oxygen atoms in total. The fourth-order valence-electron chi connectivity index (χ4n) is 3.18. The smallest absolute Gasteiger partial charge is 0.316 e. The Morgan fingerprint density at radius 1 is 1.27 bits per heavy atom. The quantitative estimate of drug-likeness (QED) is 0.757. The van der Waals surface area contributed by atoms with E-state index in [1.807, 2.05) is 13.0 Å². The summed E-state index contributed by atoms with van der Waals surface area (Å²) < 4.78 is 25.7. The fraction of sp³-hybridized carbons (Fsp3) is 0.529. The molecule has 0 spiro atoms. The molecule has 1 saturated heterocycles. The molecule has 26 heavy (non-hydrogen) atoms. The molecular weight excluding hydrogens is 372 g/mol. The van der Waals surface area contributed by atoms with Crippen molar-refractivity contribution >= 4 is 39.4 Å². The molecule has 1 heterocycles. The average molecular weight is 397 g/mol. The van der Waals surface area contributed by atoms with Gasteiger partial charge in [0, 0.05) is 7.05 Å². The van der Waals surface area contributed by atoms with Crippen LogP contribution < -0.4 is 10.6 Å². The molecule has 0 saturated carbocycles. The van der Waals surface area contributed by atoms with E-state index in [-0.39, 0.29) is 11.0 Å². The van der Waals surface area contributed by atoms with Crippen LogP contribution in [0.1, 0.15) is 37.3 Å². The Balaban J connectivity index is 2.54. The van der Waals surface area contributed by atoms with Gasteiger partial charge in [-0.15, -0.1) is 4.36 Å². The van der Waals surface area contributed by atoms with E-state index in [2.05, 4.69) is 19.9 Å². The van der Waals surface area contributed by atoms with Crippen molar-refractivity contribution in [3.05, 3.63) is 29.3 Å². The zero-order valence-corrected chi connectivity index (χ0v) is 16.8. The monoisotopic (exact) mass is 396 g/mol. The Morgan fingerprint density at radius 2 is 1.92 bits per heavy atom. The highest BCUT2D eigenvalue weighted by Crippen LogP contribution is 2.34. The molecule has 0 radical (unpaired) electrons. The number of nitrogens with zero attached hydrogens (tertiary/aromatic N) is 2. The summed E-state index contributed by atoms with van der Waals surface area (Å²) in [6.07, 6.45) is 3.15. The summed E-state index contributed by atoms with van der Waals surface area (Å²) in [7, 11) is -0.912. The third kappa shape index (κ3) is 4.46. The molecule has 2 N–H and O–H groups in total. The van der Waals surface area contributed by atoms with Gasteiger partial charge in [0.1, 0.15) is 5.54 Å². The highest BCUT2D eigenvalue weighted by molar-refractivity contribution is 7.80. The lowest BCUT2D eigenvalue weighted by Gasteiger charge is -2.42. The van der Waals surface area contributed by atoms with E-state index in [0.29, 0.717) is 11.3 Å². The SMILES string of the molecule is CNC(=S)NC(=O)C(C)(c1ccc(C)c(N=S(=O)=O)c1)N1CCCCC1. The number of nitrogens with one attached hydrogen (secondary N) is 2. The third-order valence-corrected chi connectivity index (χ3v) is 5.48. The van der Waals surface area contributed by atoms with Crippen LogP contribution in [-0.2, 0) is 20.8 Å². The summed E-state index contributed by atoms with van der Waals surface area (Å²) in [5.74, 6) is -0.253. The number of likely N-dealkylation sites (tertiary alicyclic amines) is 1. The maximum absolute atomic E-state index is 13.1. The molecule has 2 rings (SSSR count). The molecule has 1 aromatic rings. The second kappa shape index (κ2) is 8.70. The van der Waals surface area contributed by atoms with Crippen LogP contribution in [0.5, 0.6) is 0 Å². The summed E-state index contributed by atoms with van der Waals surface area (Å²) in [6, 6.07) is 5.30. The van der Waals surface area contributed by atoms with Crippen molar-refractivity contribution < 1.29 is 13.2 Å². The Labute approximate surface area is 160 Å². The molecule has 0 bridgehead atoms. The van der Waals surface area contributed by atoms with Gasteiger partial charge in [0.05, 0.1) is 5.69 Å². The van der Waals surface area contributed by atoms with Gasteiger partial charge < -0.3 is 10.6 Å². The second-order valence-corrected chi connectivity index (χ2v) is 7.49. The Bertz CT molecular complexity index is 824. The van der Waals surface area contributed by atoms with Crippen molar-refractivity contribution in [3.63, 3.8) is 0 Å². The summed E-state index contributed by atoms with van der Waals surface area (Å²) in [5, 5.41) is 5.72. The average Bonchev–Trinajstić information content (AvgIpc) is 2.63. The molecule has 1 aliphatic rings. The Kier molecular flexibility index (Phi) is 6.85. The van der Waals surface area contributed by atoms with E-state index in [9.17, 15) is 13.2 Å². The maximum atomic E-state index is 13.1. The summed E-state index contributed by atoms with van der Waals surface area (Å²) in [4.78, 5) is 15.2. The molecule has 9 heteroatoms. The van der Waals surface area contributed by atoms with E-state index in [1.165, 1.54) is 0 Å². The zero-order chi connectivity index (χ0) is 19.3. The molecular formula is C17H24N4O3S2. The van der Waals surface area contributed by atoms with Crippen molar-refractivity contribution in [1.82, 2.24) is 15.5 Å². The van der Waals surface area contributed by atoms with Crippen LogP contribution in [0.25, 0.3) is 0 Å². The highest BCUT2D eigenvalue weighted by Gasteiger charge is 2.42. The molecule has 1 aliphatic heterocycles. The molecule has 0 aromatic heterocycles. The Hall–Kier alpha value is -1.84. The normalized spacial score (nSPS) is 17.0. The highest BCUT2D eigenvalue weighted by atomic mass is 32.2. The zero-order valence-electron chi connectivity index (χ0n) is 15.2. The molecule has 1 unspecified atom stereocenters. The van der Waals surface area contributed by atoms with Crippen molar-refractivity contribution in [1.29, 1.82) is 0 Å². The molecule has 1 fully saturated rings. The van der Waals surface area contributed by atoms with Crippen molar-refractivity contribution in [3.8, 4) is 0 Å². The molecule has 142 valence electrons. The van der Waals surface area contributed by atoms with Gasteiger partial charge in [-0.1, -0.05) is 18.6 Å². The number of hydrogen-bond donors (Lipinski definition) is 2. The van der Waals surface area contributed by atoms with Crippen molar-refractivity contribution in [2.75, 3.05) is 20.1 Å². The van der Waals surface area contributed by atoms with Crippen LogP contribution in [0.4, 0.5) is 5.69 Å². The van der Waals surface area contributed by atoms with Gasteiger partial charge in [-0.2, -0.15) is 8.42 Å². The minimum Gasteiger partial charge on any atom is -0.365 e. The largest absolute Gasteiger partial charge is 0.365 e. The number of hydrogen-bond acceptors (Lipinski definition) is 6. The molecule has 1 amide bonds. The number of thiocarbonyl (C=S) groups is 1. The van der Waals surface area contributed by atoms with Gasteiger partial charge in [0.2, 0.25) is 0 Å². The van der Waals surface area contributed by atoms with Gasteiger partial charge >= 0.3 is 10.5 Å². The van der Waals surface area contributed by atoms with E-state index >= 15 is 0 Å². The number of amides is 1. The standard InChI is InChI=1S/C17H24N4O3S2/c1-12-7-8-13(11-14(12)20-26(23)24)17(2,15(22)19-16(25)18-3)21-9-5-4-6-10-21/h7-8,11H,4-6,9-10H2,1-3H3,(H2,18,19,22,25). The van der Waals surface area contributed by atoms with Gasteiger partial charge in [-0.25, -0.2) is 0 Å². The molecule has 1 aromatic carbocycles. The summed E-state index contributed by atoms with van der Waals surface area (Å²) >= 11 is 5.09. The molecule has 0 aliphatic carbocycles. The predicted octanol–water partition coefficient (Wildman–Crippen LogP) is 2.01. The van der Waals surface area contributed by atoms with Crippen LogP contribution in [0, 0.1) is 6.92 Å². The van der Waals surface area contributed by atoms with E-state index in [1.54, 1.807) is 26.1 Å². The number of aryl methyl sites for hydroxylation is 1. The van der Waals surface area contributed by atoms with Crippen LogP contribution >= 0.6 is 12.2 Å². The number of carbonyl (C=O) groups excluding carboxylic acids is 1. The number of benzene rings is 1. The first-order chi connectivity index (χ1) is 12.3. The minimum atomic E-state index is -2.56. The fourth-order valence-corrected chi connectivity index (χ4v) is 3.63. The predicted molar refractivity (Wildman–Crippen MR) is 105 cm³/mol. The van der Waals surface area contributed by atoms with Crippen LogP contribution in [0.3, 0.4) is 0 Å². The lowest BCUT2D eigenvalue weighted by Crippen LogP contribution is -2.57. The number of rotatable bonds is 4. The Morgan fingerprint density at radius 3 is 2.50 bits per heavy atom. The maximum Gasteiger partial charge on any atom is 0.316 e. The second-order valence-electron chi connectivity index (χ2n) is 6.46. The van der Waals surface area contributed by atoms with E-state index < -0.39 is 16.0 Å². The van der Waals surface area contributed by atoms with E-state index in [0.717, 1.165) is 37.9 Å². The minimum absolute atomic E-state index is 0.246. The van der Waals surface area contributed by atoms with Crippen LogP contribution in [0.2, 0.25) is 0 Å². The third-order valence-electron chi connectivity index (χ3n) is 4.83. The summed E-state index contributed by atoms with van der Waals surface area (Å²) in [5.41, 5.74) is 0.766. The topological polar surface area (TPSA) is 90.9 Å². The van der Waals surface area contributed by atoms with Gasteiger partial charge in [0.25, 0.3) is 5.91 Å². The van der Waals surface area contributed by atoms with Crippen molar-refractivity contribution in [2.24, 2.45) is 4.36 Å². The number of piperidine rings is 1. The van der Waals surface area contributed by atoms with Crippen LogP contribution in [0.15, 0.2) is 22.6 Å². The van der Waals surface area contributed by atoms with Gasteiger partial charge in [0.15, 0.2) is 5.11 Å². The van der Waals surface area contributed by atoms with Crippen molar-refractivity contribution in [2.45, 2.75) is 38.6 Å². The van der Waals surface area contributed by atoms with E-state index in [4.69, 9.17) is 12.2 Å². The van der Waals surface area contributed by atoms with Gasteiger partial charge in [-0.3, -0.25) is 9.69 Å². The first-order valence-electron chi connectivity index (χ1n) is 8.49. The first kappa shape index (κ1) is 20.5. The van der Waals surface area contributed by atoms with Gasteiger partial charge in [-0.05, 0) is 69.2 Å². The summed E-state index contributed by atoms with van der Waals surface area (Å²) in [6.45, 7) is 5.19. The first-order valence-corrected chi connectivity index (χ1v) is 9.93. The van der Waals surface area contributed by atoms with Crippen LogP contribution in [-0.4, -0.2) is 44.5 Å². The number of carbonyl (C=O) groups is 1. The molecule has 1 atom stereocenters. The lowest BCUT2D eigenvalue weighted by atomic mass is 9.86. The lowest BCUT2D eigenvalue weighted by molar-refractivity contribution is -0.132.